The second kappa shape index (κ2) is 6.32. The standard InChI is InChI=1S/C18H26N2O3/c1-17(2,3)23-16(21)20-11-8-13(9-12-20)14-7-6-10-19-15(14)18(4,5)22/h6-8,10,22H,9,11-12H2,1-5H3. The smallest absolute Gasteiger partial charge is 0.410 e. The van der Waals surface area contributed by atoms with Gasteiger partial charge < -0.3 is 14.7 Å². The van der Waals surface area contributed by atoms with E-state index < -0.39 is 11.2 Å². The summed E-state index contributed by atoms with van der Waals surface area (Å²) in [7, 11) is 0. The predicted molar refractivity (Wildman–Crippen MR) is 89.9 cm³/mol. The summed E-state index contributed by atoms with van der Waals surface area (Å²) in [6.07, 6.45) is 4.13. The van der Waals surface area contributed by atoms with E-state index in [0.29, 0.717) is 25.2 Å². The number of rotatable bonds is 2. The summed E-state index contributed by atoms with van der Waals surface area (Å²) in [5.74, 6) is 0. The van der Waals surface area contributed by atoms with Gasteiger partial charge in [-0.05, 0) is 52.7 Å². The molecule has 1 aliphatic heterocycles. The van der Waals surface area contributed by atoms with Crippen molar-refractivity contribution in [1.29, 1.82) is 0 Å². The molecule has 0 unspecified atom stereocenters. The van der Waals surface area contributed by atoms with Crippen molar-refractivity contribution >= 4 is 11.7 Å². The lowest BCUT2D eigenvalue weighted by Gasteiger charge is -2.30. The van der Waals surface area contributed by atoms with Gasteiger partial charge >= 0.3 is 6.09 Å². The van der Waals surface area contributed by atoms with Crippen LogP contribution in [0, 0.1) is 0 Å². The van der Waals surface area contributed by atoms with Crippen LogP contribution in [0.5, 0.6) is 0 Å². The highest BCUT2D eigenvalue weighted by molar-refractivity contribution is 5.73. The van der Waals surface area contributed by atoms with Crippen LogP contribution in [-0.4, -0.2) is 39.8 Å². The third-order valence-electron chi connectivity index (χ3n) is 3.59. The van der Waals surface area contributed by atoms with Gasteiger partial charge in [0.2, 0.25) is 0 Å². The van der Waals surface area contributed by atoms with Crippen molar-refractivity contribution in [3.8, 4) is 0 Å². The van der Waals surface area contributed by atoms with Crippen molar-refractivity contribution < 1.29 is 14.6 Å². The lowest BCUT2D eigenvalue weighted by molar-refractivity contribution is 0.0270. The molecule has 1 N–H and O–H groups in total. The van der Waals surface area contributed by atoms with E-state index in [1.54, 1.807) is 24.9 Å². The number of hydrogen-bond donors (Lipinski definition) is 1. The number of ether oxygens (including phenoxy) is 1. The Morgan fingerprint density at radius 3 is 2.52 bits per heavy atom. The second-order valence-electron chi connectivity index (χ2n) is 7.36. The molecular weight excluding hydrogens is 292 g/mol. The Kier molecular flexibility index (Phi) is 4.80. The molecule has 2 heterocycles. The van der Waals surface area contributed by atoms with Crippen molar-refractivity contribution in [2.75, 3.05) is 13.1 Å². The minimum absolute atomic E-state index is 0.290. The van der Waals surface area contributed by atoms with E-state index >= 15 is 0 Å². The van der Waals surface area contributed by atoms with Gasteiger partial charge in [0, 0.05) is 24.8 Å². The molecule has 126 valence electrons. The SMILES string of the molecule is CC(C)(C)OC(=O)N1CC=C(c2cccnc2C(C)(C)O)CC1. The molecule has 1 aliphatic rings. The fraction of sp³-hybridized carbons (Fsp3) is 0.556. The zero-order chi connectivity index (χ0) is 17.3. The van der Waals surface area contributed by atoms with E-state index in [1.165, 1.54) is 0 Å². The van der Waals surface area contributed by atoms with Gasteiger partial charge in [0.05, 0.1) is 5.69 Å². The van der Waals surface area contributed by atoms with E-state index in [1.807, 2.05) is 39.0 Å². The first-order chi connectivity index (χ1) is 10.6. The number of pyridine rings is 1. The Bertz CT molecular complexity index is 609. The molecule has 0 saturated heterocycles. The van der Waals surface area contributed by atoms with Crippen molar-refractivity contribution in [1.82, 2.24) is 9.88 Å². The predicted octanol–water partition coefficient (Wildman–Crippen LogP) is 3.33. The molecule has 0 aliphatic carbocycles. The number of aromatic nitrogens is 1. The van der Waals surface area contributed by atoms with Crippen LogP contribution in [0.4, 0.5) is 4.79 Å². The van der Waals surface area contributed by atoms with Gasteiger partial charge in [0.25, 0.3) is 0 Å². The number of hydrogen-bond acceptors (Lipinski definition) is 4. The van der Waals surface area contributed by atoms with E-state index in [9.17, 15) is 9.90 Å². The summed E-state index contributed by atoms with van der Waals surface area (Å²) >= 11 is 0. The molecule has 5 heteroatoms. The lowest BCUT2D eigenvalue weighted by atomic mass is 9.91. The topological polar surface area (TPSA) is 62.7 Å². The molecule has 0 fully saturated rings. The van der Waals surface area contributed by atoms with Crippen molar-refractivity contribution in [2.24, 2.45) is 0 Å². The highest BCUT2D eigenvalue weighted by atomic mass is 16.6. The quantitative estimate of drug-likeness (QED) is 0.908. The highest BCUT2D eigenvalue weighted by Gasteiger charge is 2.27. The second-order valence-corrected chi connectivity index (χ2v) is 7.36. The molecule has 0 aromatic carbocycles. The molecule has 2 rings (SSSR count). The number of carbonyl (C=O) groups excluding carboxylic acids is 1. The van der Waals surface area contributed by atoms with Crippen LogP contribution >= 0.6 is 0 Å². The third-order valence-corrected chi connectivity index (χ3v) is 3.59. The summed E-state index contributed by atoms with van der Waals surface area (Å²) < 4.78 is 5.40. The Labute approximate surface area is 138 Å². The molecule has 0 bridgehead atoms. The fourth-order valence-corrected chi connectivity index (χ4v) is 2.56. The molecule has 1 aromatic heterocycles. The Morgan fingerprint density at radius 1 is 1.30 bits per heavy atom. The van der Waals surface area contributed by atoms with Gasteiger partial charge in [-0.2, -0.15) is 0 Å². The van der Waals surface area contributed by atoms with Crippen molar-refractivity contribution in [2.45, 2.75) is 52.2 Å². The third kappa shape index (κ3) is 4.55. The summed E-state index contributed by atoms with van der Waals surface area (Å²) in [4.78, 5) is 18.1. The lowest BCUT2D eigenvalue weighted by Crippen LogP contribution is -2.39. The minimum Gasteiger partial charge on any atom is -0.444 e. The van der Waals surface area contributed by atoms with Crippen LogP contribution in [0.25, 0.3) is 5.57 Å². The van der Waals surface area contributed by atoms with Crippen LogP contribution < -0.4 is 0 Å². The van der Waals surface area contributed by atoms with Crippen LogP contribution in [0.2, 0.25) is 0 Å². The first-order valence-electron chi connectivity index (χ1n) is 7.93. The molecule has 0 saturated carbocycles. The van der Waals surface area contributed by atoms with E-state index in [-0.39, 0.29) is 6.09 Å². The largest absolute Gasteiger partial charge is 0.444 e. The van der Waals surface area contributed by atoms with Crippen LogP contribution in [0.3, 0.4) is 0 Å². The number of amides is 1. The monoisotopic (exact) mass is 318 g/mol. The highest BCUT2D eigenvalue weighted by Crippen LogP contribution is 2.30. The van der Waals surface area contributed by atoms with Gasteiger partial charge in [-0.25, -0.2) is 4.79 Å². The van der Waals surface area contributed by atoms with Crippen LogP contribution in [0.1, 0.15) is 52.3 Å². The summed E-state index contributed by atoms with van der Waals surface area (Å²) in [6.45, 7) is 10.2. The summed E-state index contributed by atoms with van der Waals surface area (Å²) in [6, 6.07) is 3.83. The molecule has 5 nitrogen and oxygen atoms in total. The van der Waals surface area contributed by atoms with Crippen LogP contribution in [-0.2, 0) is 10.3 Å². The number of carbonyl (C=O) groups is 1. The van der Waals surface area contributed by atoms with E-state index in [2.05, 4.69) is 4.98 Å². The molecule has 1 aromatic rings. The van der Waals surface area contributed by atoms with Gasteiger partial charge in [-0.1, -0.05) is 12.1 Å². The Balaban J connectivity index is 2.16. The van der Waals surface area contributed by atoms with E-state index in [0.717, 1.165) is 11.1 Å². The maximum atomic E-state index is 12.1. The number of nitrogens with zero attached hydrogens (tertiary/aromatic N) is 2. The van der Waals surface area contributed by atoms with Gasteiger partial charge in [-0.3, -0.25) is 4.98 Å². The summed E-state index contributed by atoms with van der Waals surface area (Å²) in [5, 5.41) is 10.3. The molecule has 1 amide bonds. The van der Waals surface area contributed by atoms with Crippen LogP contribution in [0.15, 0.2) is 24.4 Å². The zero-order valence-corrected chi connectivity index (χ0v) is 14.6. The molecule has 23 heavy (non-hydrogen) atoms. The average Bonchev–Trinajstić information content (AvgIpc) is 2.45. The van der Waals surface area contributed by atoms with Crippen molar-refractivity contribution in [3.05, 3.63) is 35.7 Å². The Hall–Kier alpha value is -1.88. The molecule has 0 atom stereocenters. The zero-order valence-electron chi connectivity index (χ0n) is 14.6. The minimum atomic E-state index is -1.00. The maximum absolute atomic E-state index is 12.1. The molecule has 0 spiro atoms. The number of aliphatic hydroxyl groups is 1. The van der Waals surface area contributed by atoms with Gasteiger partial charge in [0.1, 0.15) is 11.2 Å². The average molecular weight is 318 g/mol. The summed E-state index contributed by atoms with van der Waals surface area (Å²) in [5.41, 5.74) is 1.23. The normalized spacial score (nSPS) is 16.1. The Morgan fingerprint density at radius 2 is 2.00 bits per heavy atom. The first kappa shape index (κ1) is 17.5. The maximum Gasteiger partial charge on any atom is 0.410 e. The first-order valence-corrected chi connectivity index (χ1v) is 7.93. The van der Waals surface area contributed by atoms with E-state index in [4.69, 9.17) is 4.74 Å². The fourth-order valence-electron chi connectivity index (χ4n) is 2.56. The molecular formula is C18H26N2O3. The van der Waals surface area contributed by atoms with Crippen molar-refractivity contribution in [3.63, 3.8) is 0 Å². The van der Waals surface area contributed by atoms with Gasteiger partial charge in [0.15, 0.2) is 0 Å². The molecule has 0 radical (unpaired) electrons. The van der Waals surface area contributed by atoms with Gasteiger partial charge in [-0.15, -0.1) is 0 Å².